The fourth-order valence-corrected chi connectivity index (χ4v) is 2.49. The first kappa shape index (κ1) is 12.6. The van der Waals surface area contributed by atoms with E-state index in [2.05, 4.69) is 19.9 Å². The molecule has 0 aliphatic rings. The van der Waals surface area contributed by atoms with Crippen molar-refractivity contribution < 1.29 is 4.74 Å². The van der Waals surface area contributed by atoms with Crippen molar-refractivity contribution in [3.05, 3.63) is 54.7 Å². The number of aromatic nitrogens is 6. The first-order valence-corrected chi connectivity index (χ1v) is 6.19. The lowest BCUT2D eigenvalue weighted by molar-refractivity contribution is 0.0354. The SMILES string of the molecule is COC(c1cnc[nH]1)(c1nccn1C)c1nccn1C. The normalized spacial score (nSPS) is 11.9. The fraction of sp³-hybridized carbons (Fsp3) is 0.308. The second-order valence-electron chi connectivity index (χ2n) is 4.57. The molecule has 3 aromatic rings. The topological polar surface area (TPSA) is 73.6 Å². The molecule has 7 nitrogen and oxygen atoms in total. The van der Waals surface area contributed by atoms with E-state index in [0.717, 1.165) is 17.3 Å². The molecule has 3 rings (SSSR count). The third kappa shape index (κ3) is 1.60. The van der Waals surface area contributed by atoms with Crippen molar-refractivity contribution >= 4 is 0 Å². The Morgan fingerprint density at radius 2 is 1.70 bits per heavy atom. The van der Waals surface area contributed by atoms with Gasteiger partial charge in [0.25, 0.3) is 0 Å². The lowest BCUT2D eigenvalue weighted by atomic mass is 9.97. The van der Waals surface area contributed by atoms with Crippen molar-refractivity contribution in [3.8, 4) is 0 Å². The van der Waals surface area contributed by atoms with E-state index in [0.29, 0.717) is 0 Å². The molecule has 0 fully saturated rings. The molecule has 0 aliphatic heterocycles. The van der Waals surface area contributed by atoms with Crippen LogP contribution in [0.5, 0.6) is 0 Å². The van der Waals surface area contributed by atoms with Gasteiger partial charge in [-0.05, 0) is 0 Å². The molecule has 0 radical (unpaired) electrons. The van der Waals surface area contributed by atoms with Crippen LogP contribution in [0.25, 0.3) is 0 Å². The average molecular weight is 272 g/mol. The highest BCUT2D eigenvalue weighted by molar-refractivity contribution is 5.33. The van der Waals surface area contributed by atoms with Crippen molar-refractivity contribution in [2.24, 2.45) is 14.1 Å². The maximum atomic E-state index is 5.89. The second-order valence-corrected chi connectivity index (χ2v) is 4.57. The summed E-state index contributed by atoms with van der Waals surface area (Å²) in [5.74, 6) is 1.47. The van der Waals surface area contributed by atoms with Crippen molar-refractivity contribution in [1.29, 1.82) is 0 Å². The van der Waals surface area contributed by atoms with Gasteiger partial charge in [0.2, 0.25) is 5.60 Å². The van der Waals surface area contributed by atoms with E-state index in [1.807, 2.05) is 35.6 Å². The van der Waals surface area contributed by atoms with E-state index in [9.17, 15) is 0 Å². The number of rotatable bonds is 4. The first-order chi connectivity index (χ1) is 9.70. The quantitative estimate of drug-likeness (QED) is 0.763. The summed E-state index contributed by atoms with van der Waals surface area (Å²) in [7, 11) is 5.50. The zero-order valence-electron chi connectivity index (χ0n) is 11.6. The fourth-order valence-electron chi connectivity index (χ4n) is 2.49. The average Bonchev–Trinajstić information content (AvgIpc) is 3.16. The number of hydrogen-bond donors (Lipinski definition) is 1. The Balaban J connectivity index is 2.33. The van der Waals surface area contributed by atoms with Crippen LogP contribution in [0.4, 0.5) is 0 Å². The summed E-state index contributed by atoms with van der Waals surface area (Å²) < 4.78 is 9.73. The molecule has 0 unspecified atom stereocenters. The molecule has 7 heteroatoms. The molecule has 0 amide bonds. The molecule has 0 atom stereocenters. The van der Waals surface area contributed by atoms with Crippen molar-refractivity contribution in [3.63, 3.8) is 0 Å². The molecule has 3 aromatic heterocycles. The molecule has 0 bridgehead atoms. The molecule has 1 N–H and O–H groups in total. The monoisotopic (exact) mass is 272 g/mol. The number of nitrogens with zero attached hydrogens (tertiary/aromatic N) is 5. The van der Waals surface area contributed by atoms with Gasteiger partial charge in [0.05, 0.1) is 18.2 Å². The number of aromatic amines is 1. The van der Waals surface area contributed by atoms with Crippen LogP contribution >= 0.6 is 0 Å². The number of methoxy groups -OCH3 is 1. The van der Waals surface area contributed by atoms with Gasteiger partial charge in [-0.15, -0.1) is 0 Å². The van der Waals surface area contributed by atoms with Crippen LogP contribution in [0.2, 0.25) is 0 Å². The van der Waals surface area contributed by atoms with Gasteiger partial charge in [0.1, 0.15) is 0 Å². The minimum atomic E-state index is -0.924. The van der Waals surface area contributed by atoms with Crippen molar-refractivity contribution in [2.45, 2.75) is 5.60 Å². The molecule has 0 aromatic carbocycles. The predicted molar refractivity (Wildman–Crippen MR) is 71.9 cm³/mol. The van der Waals surface area contributed by atoms with E-state index in [4.69, 9.17) is 4.74 Å². The Bertz CT molecular complexity index is 656. The number of nitrogens with one attached hydrogen (secondary N) is 1. The Hall–Kier alpha value is -2.41. The van der Waals surface area contributed by atoms with Gasteiger partial charge >= 0.3 is 0 Å². The van der Waals surface area contributed by atoms with Gasteiger partial charge in [-0.3, -0.25) is 0 Å². The van der Waals surface area contributed by atoms with E-state index >= 15 is 0 Å². The van der Waals surface area contributed by atoms with Gasteiger partial charge in [-0.1, -0.05) is 0 Å². The summed E-state index contributed by atoms with van der Waals surface area (Å²) in [5.41, 5.74) is -0.142. The van der Waals surface area contributed by atoms with Crippen LogP contribution in [0.15, 0.2) is 37.3 Å². The molecule has 0 spiro atoms. The summed E-state index contributed by atoms with van der Waals surface area (Å²) in [6.45, 7) is 0. The van der Waals surface area contributed by atoms with Crippen LogP contribution in [-0.4, -0.2) is 36.2 Å². The molecule has 20 heavy (non-hydrogen) atoms. The molecule has 0 aliphatic carbocycles. The minimum Gasteiger partial charge on any atom is -0.357 e. The summed E-state index contributed by atoms with van der Waals surface area (Å²) in [6, 6.07) is 0. The van der Waals surface area contributed by atoms with Crippen LogP contribution in [0, 0.1) is 0 Å². The molecule has 3 heterocycles. The number of imidazole rings is 3. The number of H-pyrrole nitrogens is 1. The maximum Gasteiger partial charge on any atom is 0.224 e. The van der Waals surface area contributed by atoms with Crippen LogP contribution in [0.1, 0.15) is 17.3 Å². The highest BCUT2D eigenvalue weighted by atomic mass is 16.5. The lowest BCUT2D eigenvalue weighted by Crippen LogP contribution is -2.37. The van der Waals surface area contributed by atoms with Crippen molar-refractivity contribution in [2.75, 3.05) is 7.11 Å². The molecular weight excluding hydrogens is 256 g/mol. The molecule has 0 saturated carbocycles. The number of aryl methyl sites for hydroxylation is 2. The Kier molecular flexibility index (Phi) is 2.90. The first-order valence-electron chi connectivity index (χ1n) is 6.19. The van der Waals surface area contributed by atoms with Gasteiger partial charge in [0.15, 0.2) is 11.6 Å². The second kappa shape index (κ2) is 4.61. The smallest absolute Gasteiger partial charge is 0.224 e. The van der Waals surface area contributed by atoms with Gasteiger partial charge in [0, 0.05) is 46.0 Å². The molecule has 0 saturated heterocycles. The number of ether oxygens (including phenoxy) is 1. The van der Waals surface area contributed by atoms with Gasteiger partial charge in [-0.25, -0.2) is 15.0 Å². The number of hydrogen-bond acceptors (Lipinski definition) is 4. The van der Waals surface area contributed by atoms with Gasteiger partial charge in [-0.2, -0.15) is 0 Å². The maximum absolute atomic E-state index is 5.89. The highest BCUT2D eigenvalue weighted by Gasteiger charge is 2.45. The summed E-state index contributed by atoms with van der Waals surface area (Å²) in [5, 5.41) is 0. The molecule has 104 valence electrons. The van der Waals surface area contributed by atoms with E-state index < -0.39 is 5.60 Å². The molecular formula is C13H16N6O. The predicted octanol–water partition coefficient (Wildman–Crippen LogP) is 0.815. The van der Waals surface area contributed by atoms with E-state index in [1.54, 1.807) is 32.0 Å². The summed E-state index contributed by atoms with van der Waals surface area (Å²) in [4.78, 5) is 16.1. The zero-order valence-corrected chi connectivity index (χ0v) is 11.6. The summed E-state index contributed by atoms with van der Waals surface area (Å²) in [6.07, 6.45) is 10.6. The minimum absolute atomic E-state index is 0.735. The Morgan fingerprint density at radius 1 is 1.10 bits per heavy atom. The summed E-state index contributed by atoms with van der Waals surface area (Å²) >= 11 is 0. The lowest BCUT2D eigenvalue weighted by Gasteiger charge is -2.30. The van der Waals surface area contributed by atoms with Crippen LogP contribution in [-0.2, 0) is 24.4 Å². The van der Waals surface area contributed by atoms with Crippen LogP contribution in [0.3, 0.4) is 0 Å². The third-order valence-corrected chi connectivity index (χ3v) is 3.46. The van der Waals surface area contributed by atoms with Crippen LogP contribution < -0.4 is 0 Å². The third-order valence-electron chi connectivity index (χ3n) is 3.46. The van der Waals surface area contributed by atoms with Crippen molar-refractivity contribution in [1.82, 2.24) is 29.1 Å². The van der Waals surface area contributed by atoms with E-state index in [1.165, 1.54) is 0 Å². The zero-order chi connectivity index (χ0) is 14.2. The highest BCUT2D eigenvalue weighted by Crippen LogP contribution is 2.36. The standard InChI is InChI=1S/C13H16N6O/c1-18-6-4-15-11(18)13(20-3,10-8-14-9-17-10)12-16-5-7-19(12)2/h4-9H,1-3H3,(H,14,17). The Morgan fingerprint density at radius 3 is 2.05 bits per heavy atom. The largest absolute Gasteiger partial charge is 0.357 e. The van der Waals surface area contributed by atoms with E-state index in [-0.39, 0.29) is 0 Å². The van der Waals surface area contributed by atoms with Gasteiger partial charge < -0.3 is 18.9 Å². The Labute approximate surface area is 116 Å².